The second-order valence-electron chi connectivity index (χ2n) is 6.59. The van der Waals surface area contributed by atoms with Gasteiger partial charge in [-0.15, -0.1) is 0 Å². The van der Waals surface area contributed by atoms with Crippen LogP contribution in [0.1, 0.15) is 25.0 Å². The van der Waals surface area contributed by atoms with Crippen LogP contribution in [-0.4, -0.2) is 52.7 Å². The van der Waals surface area contributed by atoms with Gasteiger partial charge in [0.25, 0.3) is 0 Å². The van der Waals surface area contributed by atoms with Crippen LogP contribution in [-0.2, 0) is 22.6 Å². The maximum atomic E-state index is 6.18. The van der Waals surface area contributed by atoms with Crippen molar-refractivity contribution in [3.05, 3.63) is 42.6 Å². The Morgan fingerprint density at radius 2 is 2.33 bits per heavy atom. The van der Waals surface area contributed by atoms with E-state index in [2.05, 4.69) is 10.00 Å². The Morgan fingerprint density at radius 1 is 1.33 bits per heavy atom. The molecular formula is C18H25N3O3. The molecule has 4 rings (SSSR count). The maximum Gasteiger partial charge on any atom is 0.117 e. The second kappa shape index (κ2) is 7.51. The molecule has 2 aromatic heterocycles. The zero-order valence-electron chi connectivity index (χ0n) is 13.9. The highest BCUT2D eigenvalue weighted by Crippen LogP contribution is 2.31. The molecule has 4 heterocycles. The molecule has 3 atom stereocenters. The Labute approximate surface area is 142 Å². The number of nitrogens with zero attached hydrogens (tertiary/aromatic N) is 3. The van der Waals surface area contributed by atoms with Crippen LogP contribution in [0, 0.1) is 0 Å². The number of rotatable bonds is 7. The fourth-order valence-corrected chi connectivity index (χ4v) is 3.83. The molecule has 6 nitrogen and oxygen atoms in total. The van der Waals surface area contributed by atoms with Crippen molar-refractivity contribution in [3.8, 4) is 0 Å². The van der Waals surface area contributed by atoms with Gasteiger partial charge in [0.1, 0.15) is 11.9 Å². The molecule has 6 heteroatoms. The van der Waals surface area contributed by atoms with E-state index in [1.54, 1.807) is 6.26 Å². The number of aryl methyl sites for hydroxylation is 1. The number of fused-ring (bicyclic) bond motifs is 1. The molecule has 2 fully saturated rings. The highest BCUT2D eigenvalue weighted by molar-refractivity contribution is 5.03. The van der Waals surface area contributed by atoms with Crippen molar-refractivity contribution >= 4 is 0 Å². The quantitative estimate of drug-likeness (QED) is 0.729. The fraction of sp³-hybridized carbons (Fsp3) is 0.611. The molecule has 2 saturated heterocycles. The van der Waals surface area contributed by atoms with Gasteiger partial charge >= 0.3 is 0 Å². The fourth-order valence-electron chi connectivity index (χ4n) is 3.83. The number of hydrogen-bond acceptors (Lipinski definition) is 5. The van der Waals surface area contributed by atoms with E-state index in [4.69, 9.17) is 13.9 Å². The summed E-state index contributed by atoms with van der Waals surface area (Å²) in [6, 6.07) is 6.38. The molecule has 2 aliphatic heterocycles. The molecule has 0 amide bonds. The van der Waals surface area contributed by atoms with Crippen LogP contribution in [0.2, 0.25) is 0 Å². The normalized spacial score (nSPS) is 27.4. The van der Waals surface area contributed by atoms with Gasteiger partial charge in [-0.1, -0.05) is 0 Å². The Kier molecular flexibility index (Phi) is 4.96. The summed E-state index contributed by atoms with van der Waals surface area (Å²) in [6.45, 7) is 4.24. The van der Waals surface area contributed by atoms with Crippen molar-refractivity contribution in [3.63, 3.8) is 0 Å². The second-order valence-corrected chi connectivity index (χ2v) is 6.59. The van der Waals surface area contributed by atoms with E-state index >= 15 is 0 Å². The summed E-state index contributed by atoms with van der Waals surface area (Å²) in [5.41, 5.74) is 0. The van der Waals surface area contributed by atoms with Gasteiger partial charge in [0.2, 0.25) is 0 Å². The third-order valence-electron chi connectivity index (χ3n) is 4.95. The van der Waals surface area contributed by atoms with Gasteiger partial charge < -0.3 is 13.9 Å². The average molecular weight is 331 g/mol. The zero-order chi connectivity index (χ0) is 16.2. The highest BCUT2D eigenvalue weighted by atomic mass is 16.5. The molecule has 0 radical (unpaired) electrons. The van der Waals surface area contributed by atoms with E-state index in [1.165, 1.54) is 6.42 Å². The SMILES string of the molecule is c1coc(CN2C[C@@H](OCCCn3cccn3)[C@@H]3OCCC[C@@H]32)c1. The van der Waals surface area contributed by atoms with Crippen LogP contribution in [0.15, 0.2) is 41.3 Å². The van der Waals surface area contributed by atoms with Crippen LogP contribution >= 0.6 is 0 Å². The molecule has 2 aliphatic rings. The summed E-state index contributed by atoms with van der Waals surface area (Å²) >= 11 is 0. The van der Waals surface area contributed by atoms with Crippen molar-refractivity contribution in [1.29, 1.82) is 0 Å². The third kappa shape index (κ3) is 3.55. The van der Waals surface area contributed by atoms with Gasteiger partial charge in [0, 0.05) is 44.7 Å². The van der Waals surface area contributed by atoms with Gasteiger partial charge in [-0.2, -0.15) is 5.10 Å². The monoisotopic (exact) mass is 331 g/mol. The van der Waals surface area contributed by atoms with Gasteiger partial charge in [0.05, 0.1) is 18.9 Å². The first-order chi connectivity index (χ1) is 11.9. The molecule has 0 bridgehead atoms. The van der Waals surface area contributed by atoms with Crippen LogP contribution in [0.3, 0.4) is 0 Å². The number of likely N-dealkylation sites (tertiary alicyclic amines) is 1. The van der Waals surface area contributed by atoms with Gasteiger partial charge in [-0.05, 0) is 37.5 Å². The lowest BCUT2D eigenvalue weighted by Crippen LogP contribution is -2.41. The Balaban J connectivity index is 1.30. The van der Waals surface area contributed by atoms with E-state index in [0.717, 1.165) is 51.4 Å². The summed E-state index contributed by atoms with van der Waals surface area (Å²) in [5, 5.41) is 4.22. The minimum atomic E-state index is 0.155. The zero-order valence-corrected chi connectivity index (χ0v) is 13.9. The predicted molar refractivity (Wildman–Crippen MR) is 88.5 cm³/mol. The summed E-state index contributed by atoms with van der Waals surface area (Å²) in [6.07, 6.45) is 9.16. The summed E-state index contributed by atoms with van der Waals surface area (Å²) in [5.74, 6) is 1.01. The number of hydrogen-bond donors (Lipinski definition) is 0. The summed E-state index contributed by atoms with van der Waals surface area (Å²) in [4.78, 5) is 2.46. The first kappa shape index (κ1) is 15.9. The Morgan fingerprint density at radius 3 is 3.17 bits per heavy atom. The standard InChI is InChI=1S/C18H25N3O3/c1-5-15(22-10-1)13-20-14-17(18-16(20)6-2-11-24-18)23-12-4-9-21-8-3-7-19-21/h1,3,5,7-8,10,16-18H,2,4,6,9,11-14H2/t16-,17+,18+/m0/s1. The number of aromatic nitrogens is 2. The van der Waals surface area contributed by atoms with Crippen molar-refractivity contribution in [1.82, 2.24) is 14.7 Å². The van der Waals surface area contributed by atoms with Crippen LogP contribution in [0.25, 0.3) is 0 Å². The first-order valence-corrected chi connectivity index (χ1v) is 8.87. The molecule has 0 saturated carbocycles. The molecule has 2 aromatic rings. The molecule has 0 unspecified atom stereocenters. The van der Waals surface area contributed by atoms with Crippen molar-refractivity contribution in [2.75, 3.05) is 19.8 Å². The maximum absolute atomic E-state index is 6.18. The van der Waals surface area contributed by atoms with E-state index in [0.29, 0.717) is 6.04 Å². The third-order valence-corrected chi connectivity index (χ3v) is 4.95. The minimum absolute atomic E-state index is 0.155. The predicted octanol–water partition coefficient (Wildman–Crippen LogP) is 2.31. The average Bonchev–Trinajstić information content (AvgIpc) is 3.35. The summed E-state index contributed by atoms with van der Waals surface area (Å²) < 4.78 is 19.7. The molecule has 24 heavy (non-hydrogen) atoms. The van der Waals surface area contributed by atoms with Gasteiger partial charge in [0.15, 0.2) is 0 Å². The van der Waals surface area contributed by atoms with Crippen LogP contribution in [0.4, 0.5) is 0 Å². The number of ether oxygens (including phenoxy) is 2. The smallest absolute Gasteiger partial charge is 0.117 e. The van der Waals surface area contributed by atoms with Crippen LogP contribution < -0.4 is 0 Å². The van der Waals surface area contributed by atoms with E-state index < -0.39 is 0 Å². The molecule has 0 aromatic carbocycles. The lowest BCUT2D eigenvalue weighted by molar-refractivity contribution is -0.0781. The first-order valence-electron chi connectivity index (χ1n) is 8.87. The van der Waals surface area contributed by atoms with Gasteiger partial charge in [-0.25, -0.2) is 0 Å². The molecular weight excluding hydrogens is 306 g/mol. The Bertz CT molecular complexity index is 599. The van der Waals surface area contributed by atoms with Crippen molar-refractivity contribution in [2.45, 2.75) is 50.6 Å². The highest BCUT2D eigenvalue weighted by Gasteiger charge is 2.44. The molecule has 0 spiro atoms. The largest absolute Gasteiger partial charge is 0.468 e. The van der Waals surface area contributed by atoms with E-state index in [9.17, 15) is 0 Å². The minimum Gasteiger partial charge on any atom is -0.468 e. The molecule has 130 valence electrons. The van der Waals surface area contributed by atoms with Crippen molar-refractivity contribution < 1.29 is 13.9 Å². The molecule has 0 aliphatic carbocycles. The van der Waals surface area contributed by atoms with Crippen LogP contribution in [0.5, 0.6) is 0 Å². The molecule has 0 N–H and O–H groups in total. The Hall–Kier alpha value is -1.63. The van der Waals surface area contributed by atoms with Gasteiger partial charge in [-0.3, -0.25) is 9.58 Å². The lowest BCUT2D eigenvalue weighted by Gasteiger charge is -2.32. The van der Waals surface area contributed by atoms with Crippen molar-refractivity contribution in [2.24, 2.45) is 0 Å². The topological polar surface area (TPSA) is 52.7 Å². The van der Waals surface area contributed by atoms with E-state index in [1.807, 2.05) is 35.3 Å². The van der Waals surface area contributed by atoms with E-state index in [-0.39, 0.29) is 12.2 Å². The summed E-state index contributed by atoms with van der Waals surface area (Å²) in [7, 11) is 0. The lowest BCUT2D eigenvalue weighted by atomic mass is 10.0. The number of furan rings is 1.